The molecule has 2 aromatic carbocycles. The minimum atomic E-state index is -3.84. The summed E-state index contributed by atoms with van der Waals surface area (Å²) in [5, 5.41) is 2.70. The molecule has 10 nitrogen and oxygen atoms in total. The molecule has 1 heterocycles. The molecule has 0 unspecified atom stereocenters. The third-order valence-corrected chi connectivity index (χ3v) is 8.68. The highest BCUT2D eigenvalue weighted by atomic mass is 32.2. The van der Waals surface area contributed by atoms with E-state index in [9.17, 15) is 21.6 Å². The summed E-state index contributed by atoms with van der Waals surface area (Å²) in [4.78, 5) is 12.5. The Balaban J connectivity index is 1.69. The van der Waals surface area contributed by atoms with Crippen molar-refractivity contribution in [1.82, 2.24) is 4.31 Å². The fraction of sp³-hybridized carbons (Fsp3) is 0.435. The number of nitrogens with one attached hydrogen (secondary N) is 1. The normalized spacial score (nSPS) is 14.9. The Kier molecular flexibility index (Phi) is 8.75. The molecule has 1 fully saturated rings. The molecule has 1 amide bonds. The first-order valence-corrected chi connectivity index (χ1v) is 14.4. The average molecular weight is 526 g/mol. The number of carbonyl (C=O) groups is 1. The van der Waals surface area contributed by atoms with Gasteiger partial charge < -0.3 is 14.8 Å². The summed E-state index contributed by atoms with van der Waals surface area (Å²) in [7, 11) is -5.99. The zero-order chi connectivity index (χ0) is 25.6. The molecule has 0 atom stereocenters. The second-order valence-electron chi connectivity index (χ2n) is 8.16. The van der Waals surface area contributed by atoms with Crippen molar-refractivity contribution in [2.75, 3.05) is 55.8 Å². The average Bonchev–Trinajstić information content (AvgIpc) is 2.82. The van der Waals surface area contributed by atoms with E-state index in [0.717, 1.165) is 11.8 Å². The molecule has 1 saturated heterocycles. The van der Waals surface area contributed by atoms with Crippen LogP contribution in [0.3, 0.4) is 0 Å². The molecule has 1 aliphatic heterocycles. The Bertz CT molecular complexity index is 1260. The molecule has 192 valence electrons. The fourth-order valence-electron chi connectivity index (χ4n) is 3.80. The van der Waals surface area contributed by atoms with Gasteiger partial charge in [-0.3, -0.25) is 9.10 Å². The number of carbonyl (C=O) groups excluding carboxylic acids is 1. The van der Waals surface area contributed by atoms with Gasteiger partial charge in [0.2, 0.25) is 26.0 Å². The predicted octanol–water partition coefficient (Wildman–Crippen LogP) is 2.21. The number of ether oxygens (including phenoxy) is 2. The second-order valence-corrected chi connectivity index (χ2v) is 12.0. The minimum Gasteiger partial charge on any atom is -0.495 e. The van der Waals surface area contributed by atoms with Crippen molar-refractivity contribution in [2.24, 2.45) is 0 Å². The van der Waals surface area contributed by atoms with Crippen molar-refractivity contribution in [3.63, 3.8) is 0 Å². The van der Waals surface area contributed by atoms with Gasteiger partial charge in [-0.05, 0) is 43.2 Å². The van der Waals surface area contributed by atoms with Gasteiger partial charge in [-0.25, -0.2) is 16.8 Å². The topological polar surface area (TPSA) is 122 Å². The third-order valence-electron chi connectivity index (χ3n) is 5.58. The van der Waals surface area contributed by atoms with Crippen LogP contribution in [0.25, 0.3) is 0 Å². The van der Waals surface area contributed by atoms with Crippen molar-refractivity contribution in [2.45, 2.75) is 24.7 Å². The van der Waals surface area contributed by atoms with Gasteiger partial charge in [0.15, 0.2) is 0 Å². The van der Waals surface area contributed by atoms with Crippen LogP contribution in [0.2, 0.25) is 0 Å². The van der Waals surface area contributed by atoms with Crippen LogP contribution in [0.15, 0.2) is 47.4 Å². The van der Waals surface area contributed by atoms with Gasteiger partial charge in [0.1, 0.15) is 10.6 Å². The number of sulfonamides is 2. The molecule has 12 heteroatoms. The van der Waals surface area contributed by atoms with Crippen LogP contribution in [0.1, 0.15) is 18.4 Å². The van der Waals surface area contributed by atoms with Gasteiger partial charge >= 0.3 is 0 Å². The Labute approximate surface area is 206 Å². The zero-order valence-corrected chi connectivity index (χ0v) is 21.7. The number of hydrogen-bond acceptors (Lipinski definition) is 7. The van der Waals surface area contributed by atoms with Crippen molar-refractivity contribution in [3.05, 3.63) is 48.0 Å². The van der Waals surface area contributed by atoms with Gasteiger partial charge in [0, 0.05) is 31.7 Å². The number of nitrogens with zero attached hydrogens (tertiary/aromatic N) is 2. The SMILES string of the molecule is COc1ccc(NC(=O)CCCN(c2ccccc2C)S(C)(=O)=O)cc1S(=O)(=O)N1CCOCC1. The van der Waals surface area contributed by atoms with E-state index in [2.05, 4.69) is 5.32 Å². The van der Waals surface area contributed by atoms with Crippen molar-refractivity contribution >= 4 is 37.3 Å². The third kappa shape index (κ3) is 6.72. The quantitative estimate of drug-likeness (QED) is 0.505. The number of methoxy groups -OCH3 is 1. The van der Waals surface area contributed by atoms with Gasteiger partial charge in [-0.1, -0.05) is 18.2 Å². The fourth-order valence-corrected chi connectivity index (χ4v) is 6.41. The maximum Gasteiger partial charge on any atom is 0.246 e. The molecule has 0 radical (unpaired) electrons. The van der Waals surface area contributed by atoms with Crippen LogP contribution in [0.5, 0.6) is 5.75 Å². The van der Waals surface area contributed by atoms with Crippen molar-refractivity contribution in [3.8, 4) is 5.75 Å². The Morgan fingerprint density at radius 3 is 2.43 bits per heavy atom. The lowest BCUT2D eigenvalue weighted by Crippen LogP contribution is -2.40. The largest absolute Gasteiger partial charge is 0.495 e. The van der Waals surface area contributed by atoms with E-state index < -0.39 is 20.0 Å². The van der Waals surface area contributed by atoms with Crippen LogP contribution >= 0.6 is 0 Å². The minimum absolute atomic E-state index is 0.0393. The van der Waals surface area contributed by atoms with E-state index >= 15 is 0 Å². The number of anilines is 2. The van der Waals surface area contributed by atoms with E-state index in [1.165, 1.54) is 27.9 Å². The van der Waals surface area contributed by atoms with Crippen LogP contribution in [0.4, 0.5) is 11.4 Å². The Hall–Kier alpha value is -2.67. The van der Waals surface area contributed by atoms with Gasteiger partial charge in [0.05, 0.1) is 32.3 Å². The molecule has 1 N–H and O–H groups in total. The number of para-hydroxylation sites is 1. The summed E-state index contributed by atoms with van der Waals surface area (Å²) in [6.07, 6.45) is 1.46. The van der Waals surface area contributed by atoms with Crippen LogP contribution in [-0.2, 0) is 29.6 Å². The molecule has 0 aliphatic carbocycles. The molecular weight excluding hydrogens is 494 g/mol. The Morgan fingerprint density at radius 1 is 1.11 bits per heavy atom. The summed E-state index contributed by atoms with van der Waals surface area (Å²) in [6, 6.07) is 11.6. The lowest BCUT2D eigenvalue weighted by atomic mass is 10.2. The highest BCUT2D eigenvalue weighted by Gasteiger charge is 2.29. The number of hydrogen-bond donors (Lipinski definition) is 1. The second kappa shape index (κ2) is 11.4. The summed E-state index contributed by atoms with van der Waals surface area (Å²) in [5.41, 5.74) is 1.69. The number of benzene rings is 2. The summed E-state index contributed by atoms with van der Waals surface area (Å²) in [5.74, 6) is -0.181. The lowest BCUT2D eigenvalue weighted by molar-refractivity contribution is -0.116. The first-order chi connectivity index (χ1) is 16.5. The molecule has 0 bridgehead atoms. The van der Waals surface area contributed by atoms with Crippen LogP contribution in [0, 0.1) is 6.92 Å². The molecule has 35 heavy (non-hydrogen) atoms. The maximum atomic E-state index is 13.1. The molecule has 1 aliphatic rings. The zero-order valence-electron chi connectivity index (χ0n) is 20.1. The van der Waals surface area contributed by atoms with Crippen molar-refractivity contribution in [1.29, 1.82) is 0 Å². The molecule has 0 aromatic heterocycles. The number of aryl methyl sites for hydroxylation is 1. The lowest BCUT2D eigenvalue weighted by Gasteiger charge is -2.26. The summed E-state index contributed by atoms with van der Waals surface area (Å²) in [6.45, 7) is 3.05. The smallest absolute Gasteiger partial charge is 0.246 e. The van der Waals surface area contributed by atoms with Crippen molar-refractivity contribution < 1.29 is 31.1 Å². The monoisotopic (exact) mass is 525 g/mol. The van der Waals surface area contributed by atoms with E-state index in [0.29, 0.717) is 24.6 Å². The van der Waals surface area contributed by atoms with E-state index in [4.69, 9.17) is 9.47 Å². The maximum absolute atomic E-state index is 13.1. The van der Waals surface area contributed by atoms with Gasteiger partial charge in [-0.15, -0.1) is 0 Å². The number of morpholine rings is 1. The first kappa shape index (κ1) is 26.9. The predicted molar refractivity (Wildman–Crippen MR) is 134 cm³/mol. The standard InChI is InChI=1S/C23H31N3O7S2/c1-18-7-4-5-8-20(18)26(34(3,28)29)12-6-9-23(27)24-19-10-11-21(32-2)22(17-19)35(30,31)25-13-15-33-16-14-25/h4-5,7-8,10-11,17H,6,9,12-16H2,1-3H3,(H,24,27). The Morgan fingerprint density at radius 2 is 1.80 bits per heavy atom. The molecule has 0 saturated carbocycles. The number of amides is 1. The highest BCUT2D eigenvalue weighted by Crippen LogP contribution is 2.30. The van der Waals surface area contributed by atoms with Gasteiger partial charge in [0.25, 0.3) is 0 Å². The highest BCUT2D eigenvalue weighted by molar-refractivity contribution is 7.92. The van der Waals surface area contributed by atoms with E-state index in [1.807, 2.05) is 19.1 Å². The molecule has 3 rings (SSSR count). The summed E-state index contributed by atoms with van der Waals surface area (Å²) < 4.78 is 64.0. The molecule has 0 spiro atoms. The van der Waals surface area contributed by atoms with E-state index in [1.54, 1.807) is 18.2 Å². The summed E-state index contributed by atoms with van der Waals surface area (Å²) >= 11 is 0. The first-order valence-electron chi connectivity index (χ1n) is 11.1. The molecule has 2 aromatic rings. The molecular formula is C23H31N3O7S2. The van der Waals surface area contributed by atoms with Gasteiger partial charge in [-0.2, -0.15) is 4.31 Å². The van der Waals surface area contributed by atoms with E-state index in [-0.39, 0.29) is 49.0 Å². The van der Waals surface area contributed by atoms with Crippen LogP contribution in [-0.4, -0.2) is 73.3 Å². The van der Waals surface area contributed by atoms with Crippen LogP contribution < -0.4 is 14.4 Å². The number of rotatable bonds is 10.